The quantitative estimate of drug-likeness (QED) is 0.677. The number of benzene rings is 1. The van der Waals surface area contributed by atoms with Crippen LogP contribution in [0.5, 0.6) is 0 Å². The number of Topliss-reactive ketones (excluding diaryl/α,β-unsaturated/α-hetero) is 1. The molecule has 1 aromatic carbocycles. The summed E-state index contributed by atoms with van der Waals surface area (Å²) in [5, 5.41) is 4.20. The molecule has 0 aliphatic carbocycles. The third-order valence-corrected chi connectivity index (χ3v) is 3.90. The van der Waals surface area contributed by atoms with Gasteiger partial charge in [-0.3, -0.25) is 4.79 Å². The zero-order chi connectivity index (χ0) is 13.4. The summed E-state index contributed by atoms with van der Waals surface area (Å²) in [5.74, 6) is 0.242. The molecule has 0 aliphatic rings. The number of nitrogens with zero attached hydrogens (tertiary/aromatic N) is 1. The Morgan fingerprint density at radius 3 is 3.00 bits per heavy atom. The lowest BCUT2D eigenvalue weighted by Crippen LogP contribution is -2.02. The number of hydrogen-bond donors (Lipinski definition) is 0. The lowest BCUT2D eigenvalue weighted by Gasteiger charge is -1.93. The van der Waals surface area contributed by atoms with Gasteiger partial charge in [0.15, 0.2) is 11.3 Å². The predicted octanol–water partition coefficient (Wildman–Crippen LogP) is 4.28. The van der Waals surface area contributed by atoms with Crippen molar-refractivity contribution in [3.8, 4) is 0 Å². The van der Waals surface area contributed by atoms with Crippen LogP contribution in [0.3, 0.4) is 0 Å². The van der Waals surface area contributed by atoms with Gasteiger partial charge in [-0.25, -0.2) is 4.98 Å². The first kappa shape index (κ1) is 12.4. The monoisotopic (exact) mass is 291 g/mol. The topological polar surface area (TPSA) is 43.1 Å². The number of carbonyl (C=O) groups excluding carboxylic acids is 1. The van der Waals surface area contributed by atoms with Crippen molar-refractivity contribution < 1.29 is 9.21 Å². The van der Waals surface area contributed by atoms with Crippen LogP contribution in [0.1, 0.15) is 21.3 Å². The SMILES string of the molecule is Cc1nc(CC(=O)c2cc3cccc(Cl)c3o2)cs1. The summed E-state index contributed by atoms with van der Waals surface area (Å²) < 4.78 is 5.53. The molecule has 3 rings (SSSR count). The van der Waals surface area contributed by atoms with E-state index in [1.807, 2.05) is 24.4 Å². The fourth-order valence-electron chi connectivity index (χ4n) is 1.91. The standard InChI is InChI=1S/C14H10ClNO2S/c1-8-16-10(7-19-8)6-12(17)13-5-9-3-2-4-11(15)14(9)18-13/h2-5,7H,6H2,1H3. The van der Waals surface area contributed by atoms with Gasteiger partial charge in [-0.2, -0.15) is 0 Å². The van der Waals surface area contributed by atoms with E-state index in [0.717, 1.165) is 16.1 Å². The lowest BCUT2D eigenvalue weighted by atomic mass is 10.2. The molecule has 2 heterocycles. The van der Waals surface area contributed by atoms with Crippen molar-refractivity contribution in [2.24, 2.45) is 0 Å². The number of para-hydroxylation sites is 1. The normalized spacial score (nSPS) is 11.1. The zero-order valence-corrected chi connectivity index (χ0v) is 11.7. The number of thiazole rings is 1. The van der Waals surface area contributed by atoms with Crippen molar-refractivity contribution in [2.45, 2.75) is 13.3 Å². The Morgan fingerprint density at radius 1 is 1.47 bits per heavy atom. The van der Waals surface area contributed by atoms with Crippen molar-refractivity contribution >= 4 is 39.7 Å². The minimum absolute atomic E-state index is 0.0856. The first-order valence-corrected chi connectivity index (χ1v) is 7.01. The summed E-state index contributed by atoms with van der Waals surface area (Å²) in [6.07, 6.45) is 0.252. The van der Waals surface area contributed by atoms with Gasteiger partial charge in [0.2, 0.25) is 5.78 Å². The molecule has 0 bridgehead atoms. The molecule has 3 aromatic rings. The van der Waals surface area contributed by atoms with Gasteiger partial charge in [-0.1, -0.05) is 23.7 Å². The first-order chi connectivity index (χ1) is 9.13. The molecule has 96 valence electrons. The summed E-state index contributed by atoms with van der Waals surface area (Å²) in [6, 6.07) is 7.17. The largest absolute Gasteiger partial charge is 0.451 e. The van der Waals surface area contributed by atoms with Crippen LogP contribution < -0.4 is 0 Å². The molecule has 0 saturated heterocycles. The minimum atomic E-state index is -0.0856. The maximum absolute atomic E-state index is 12.1. The minimum Gasteiger partial charge on any atom is -0.451 e. The van der Waals surface area contributed by atoms with Crippen molar-refractivity contribution in [2.75, 3.05) is 0 Å². The smallest absolute Gasteiger partial charge is 0.204 e. The summed E-state index contributed by atoms with van der Waals surface area (Å²) >= 11 is 7.56. The van der Waals surface area contributed by atoms with Crippen LogP contribution in [0.15, 0.2) is 34.1 Å². The van der Waals surface area contributed by atoms with E-state index >= 15 is 0 Å². The first-order valence-electron chi connectivity index (χ1n) is 5.76. The molecule has 0 saturated carbocycles. The Morgan fingerprint density at radius 2 is 2.32 bits per heavy atom. The fourth-order valence-corrected chi connectivity index (χ4v) is 2.74. The number of aryl methyl sites for hydroxylation is 1. The summed E-state index contributed by atoms with van der Waals surface area (Å²) in [7, 11) is 0. The summed E-state index contributed by atoms with van der Waals surface area (Å²) in [5.41, 5.74) is 1.33. The third-order valence-electron chi connectivity index (χ3n) is 2.78. The van der Waals surface area contributed by atoms with Gasteiger partial charge in [-0.15, -0.1) is 11.3 Å². The molecule has 5 heteroatoms. The van der Waals surface area contributed by atoms with Gasteiger partial charge < -0.3 is 4.42 Å². The fraction of sp³-hybridized carbons (Fsp3) is 0.143. The zero-order valence-electron chi connectivity index (χ0n) is 10.1. The van der Waals surface area contributed by atoms with Crippen LogP contribution >= 0.6 is 22.9 Å². The number of rotatable bonds is 3. The number of halogens is 1. The molecule has 0 unspecified atom stereocenters. The highest BCUT2D eigenvalue weighted by atomic mass is 35.5. The van der Waals surface area contributed by atoms with Gasteiger partial charge in [0, 0.05) is 10.8 Å². The van der Waals surface area contributed by atoms with E-state index in [2.05, 4.69) is 4.98 Å². The second-order valence-electron chi connectivity index (χ2n) is 4.23. The molecule has 0 aliphatic heterocycles. The number of aromatic nitrogens is 1. The molecule has 19 heavy (non-hydrogen) atoms. The Hall–Kier alpha value is -1.65. The maximum Gasteiger partial charge on any atom is 0.204 e. The van der Waals surface area contributed by atoms with Crippen molar-refractivity contribution in [1.82, 2.24) is 4.98 Å². The Balaban J connectivity index is 1.91. The van der Waals surface area contributed by atoms with Gasteiger partial charge in [0.05, 0.1) is 22.1 Å². The van der Waals surface area contributed by atoms with Crippen molar-refractivity contribution in [3.63, 3.8) is 0 Å². The van der Waals surface area contributed by atoms with Crippen LogP contribution in [0.2, 0.25) is 5.02 Å². The molecule has 0 atom stereocenters. The second-order valence-corrected chi connectivity index (χ2v) is 5.70. The molecule has 0 fully saturated rings. The van der Waals surface area contributed by atoms with E-state index in [1.54, 1.807) is 12.1 Å². The summed E-state index contributed by atoms with van der Waals surface area (Å²) in [4.78, 5) is 16.4. The Labute approximate surface area is 118 Å². The van der Waals surface area contributed by atoms with E-state index in [0.29, 0.717) is 16.4 Å². The van der Waals surface area contributed by atoms with Crippen LogP contribution in [-0.4, -0.2) is 10.8 Å². The van der Waals surface area contributed by atoms with Gasteiger partial charge in [0.25, 0.3) is 0 Å². The van der Waals surface area contributed by atoms with E-state index in [1.165, 1.54) is 11.3 Å². The number of fused-ring (bicyclic) bond motifs is 1. The predicted molar refractivity (Wildman–Crippen MR) is 76.1 cm³/mol. The van der Waals surface area contributed by atoms with Gasteiger partial charge in [-0.05, 0) is 19.1 Å². The molecule has 0 amide bonds. The van der Waals surface area contributed by atoms with E-state index in [9.17, 15) is 4.79 Å². The highest BCUT2D eigenvalue weighted by Crippen LogP contribution is 2.27. The number of ketones is 1. The highest BCUT2D eigenvalue weighted by molar-refractivity contribution is 7.09. The number of carbonyl (C=O) groups is 1. The van der Waals surface area contributed by atoms with Crippen LogP contribution in [0, 0.1) is 6.92 Å². The van der Waals surface area contributed by atoms with E-state index in [-0.39, 0.29) is 12.2 Å². The van der Waals surface area contributed by atoms with Gasteiger partial charge in [0.1, 0.15) is 0 Å². The highest BCUT2D eigenvalue weighted by Gasteiger charge is 2.15. The number of hydrogen-bond acceptors (Lipinski definition) is 4. The molecule has 0 radical (unpaired) electrons. The third kappa shape index (κ3) is 2.41. The van der Waals surface area contributed by atoms with Crippen LogP contribution in [-0.2, 0) is 6.42 Å². The molecule has 0 spiro atoms. The average molecular weight is 292 g/mol. The molecule has 0 N–H and O–H groups in total. The second kappa shape index (κ2) is 4.79. The van der Waals surface area contributed by atoms with Crippen LogP contribution in [0.4, 0.5) is 0 Å². The molecular weight excluding hydrogens is 282 g/mol. The van der Waals surface area contributed by atoms with Crippen molar-refractivity contribution in [1.29, 1.82) is 0 Å². The maximum atomic E-state index is 12.1. The van der Waals surface area contributed by atoms with Crippen molar-refractivity contribution in [3.05, 3.63) is 51.1 Å². The van der Waals surface area contributed by atoms with Gasteiger partial charge >= 0.3 is 0 Å². The Bertz CT molecular complexity index is 760. The van der Waals surface area contributed by atoms with Crippen LogP contribution in [0.25, 0.3) is 11.0 Å². The average Bonchev–Trinajstić information content (AvgIpc) is 2.96. The molecule has 2 aromatic heterocycles. The summed E-state index contributed by atoms with van der Waals surface area (Å²) in [6.45, 7) is 1.92. The molecule has 3 nitrogen and oxygen atoms in total. The van der Waals surface area contributed by atoms with E-state index in [4.69, 9.17) is 16.0 Å². The Kier molecular flexibility index (Phi) is 3.12. The number of furan rings is 1. The van der Waals surface area contributed by atoms with E-state index < -0.39 is 0 Å². The molecular formula is C14H10ClNO2S. The lowest BCUT2D eigenvalue weighted by molar-refractivity contribution is 0.0967.